The first-order valence-corrected chi connectivity index (χ1v) is 9.80. The highest BCUT2D eigenvalue weighted by molar-refractivity contribution is 6.02. The van der Waals surface area contributed by atoms with Gasteiger partial charge in [-0.3, -0.25) is 15.0 Å². The molecule has 0 aliphatic carbocycles. The van der Waals surface area contributed by atoms with Gasteiger partial charge in [0.05, 0.1) is 12.1 Å². The molecule has 2 heterocycles. The lowest BCUT2D eigenvalue weighted by molar-refractivity contribution is -0.137. The molecule has 3 amide bonds. The third kappa shape index (κ3) is 6.17. The van der Waals surface area contributed by atoms with Crippen molar-refractivity contribution in [1.29, 1.82) is 0 Å². The van der Waals surface area contributed by atoms with Crippen molar-refractivity contribution in [3.05, 3.63) is 53.2 Å². The van der Waals surface area contributed by atoms with E-state index in [1.807, 2.05) is 35.8 Å². The van der Waals surface area contributed by atoms with Crippen molar-refractivity contribution in [2.45, 2.75) is 20.0 Å². The lowest BCUT2D eigenvalue weighted by Crippen LogP contribution is -2.50. The van der Waals surface area contributed by atoms with Crippen molar-refractivity contribution in [3.63, 3.8) is 0 Å². The Labute approximate surface area is 178 Å². The highest BCUT2D eigenvalue weighted by atomic mass is 19.4. The monoisotopic (exact) mass is 435 g/mol. The lowest BCUT2D eigenvalue weighted by Gasteiger charge is -2.35. The molecule has 10 heteroatoms. The van der Waals surface area contributed by atoms with Crippen LogP contribution in [0.5, 0.6) is 0 Å². The molecular formula is C21H24F3N5O2. The summed E-state index contributed by atoms with van der Waals surface area (Å²) in [5.41, 5.74) is 1.82. The highest BCUT2D eigenvalue weighted by Gasteiger charge is 2.31. The number of carbonyl (C=O) groups excluding carboxylic acids is 2. The molecule has 1 aromatic heterocycles. The van der Waals surface area contributed by atoms with E-state index in [2.05, 4.69) is 15.6 Å². The standard InChI is InChI=1S/C21H24F3N5O2/c1-14-3-5-17(15(2)11-14)26-20(31)27-19(30)13-28-7-9-29(10-8-28)18-6-4-16(12-25-18)21(22,23)24/h3-6,11-12H,7-10,13H2,1-2H3,(H2,26,27,30,31). The fourth-order valence-electron chi connectivity index (χ4n) is 3.35. The normalized spacial score (nSPS) is 14.9. The van der Waals surface area contributed by atoms with E-state index in [-0.39, 0.29) is 6.54 Å². The number of imide groups is 1. The van der Waals surface area contributed by atoms with Crippen LogP contribution in [0.2, 0.25) is 0 Å². The maximum absolute atomic E-state index is 12.7. The summed E-state index contributed by atoms with van der Waals surface area (Å²) in [4.78, 5) is 31.9. The molecule has 3 rings (SSSR count). The minimum atomic E-state index is -4.41. The summed E-state index contributed by atoms with van der Waals surface area (Å²) in [5.74, 6) is 0.0355. The van der Waals surface area contributed by atoms with Gasteiger partial charge in [-0.15, -0.1) is 0 Å². The zero-order chi connectivity index (χ0) is 22.6. The number of hydrogen-bond acceptors (Lipinski definition) is 5. The first-order chi connectivity index (χ1) is 14.6. The minimum Gasteiger partial charge on any atom is -0.354 e. The number of anilines is 2. The smallest absolute Gasteiger partial charge is 0.354 e. The predicted molar refractivity (Wildman–Crippen MR) is 111 cm³/mol. The maximum atomic E-state index is 12.7. The Morgan fingerprint density at radius 2 is 1.77 bits per heavy atom. The van der Waals surface area contributed by atoms with Crippen LogP contribution in [0.25, 0.3) is 0 Å². The summed E-state index contributed by atoms with van der Waals surface area (Å²) in [7, 11) is 0. The van der Waals surface area contributed by atoms with Crippen molar-refractivity contribution in [3.8, 4) is 0 Å². The van der Waals surface area contributed by atoms with Gasteiger partial charge in [0.15, 0.2) is 0 Å². The molecule has 166 valence electrons. The van der Waals surface area contributed by atoms with E-state index < -0.39 is 23.7 Å². The van der Waals surface area contributed by atoms with Gasteiger partial charge in [-0.25, -0.2) is 9.78 Å². The number of hydrogen-bond donors (Lipinski definition) is 2. The van der Waals surface area contributed by atoms with Crippen LogP contribution >= 0.6 is 0 Å². The van der Waals surface area contributed by atoms with E-state index in [0.29, 0.717) is 37.7 Å². The molecule has 1 saturated heterocycles. The Balaban J connectivity index is 1.45. The summed E-state index contributed by atoms with van der Waals surface area (Å²) < 4.78 is 38.0. The molecule has 31 heavy (non-hydrogen) atoms. The average Bonchev–Trinajstić information content (AvgIpc) is 2.70. The van der Waals surface area contributed by atoms with Crippen LogP contribution in [-0.4, -0.2) is 54.5 Å². The van der Waals surface area contributed by atoms with Gasteiger partial charge in [0, 0.05) is 38.1 Å². The van der Waals surface area contributed by atoms with Crippen LogP contribution in [0, 0.1) is 13.8 Å². The molecule has 7 nitrogen and oxygen atoms in total. The SMILES string of the molecule is Cc1ccc(NC(=O)NC(=O)CN2CCN(c3ccc(C(F)(F)F)cn3)CC2)c(C)c1. The van der Waals surface area contributed by atoms with E-state index in [4.69, 9.17) is 0 Å². The molecule has 0 unspecified atom stereocenters. The Morgan fingerprint density at radius 3 is 2.35 bits per heavy atom. The van der Waals surface area contributed by atoms with E-state index in [1.165, 1.54) is 6.07 Å². The number of piperazine rings is 1. The van der Waals surface area contributed by atoms with Gasteiger partial charge in [0.25, 0.3) is 0 Å². The maximum Gasteiger partial charge on any atom is 0.417 e. The van der Waals surface area contributed by atoms with Crippen LogP contribution in [-0.2, 0) is 11.0 Å². The molecular weight excluding hydrogens is 411 g/mol. The summed E-state index contributed by atoms with van der Waals surface area (Å²) in [6.45, 7) is 5.95. The molecule has 0 atom stereocenters. The largest absolute Gasteiger partial charge is 0.417 e. The quantitative estimate of drug-likeness (QED) is 0.772. The number of halogens is 3. The second-order valence-electron chi connectivity index (χ2n) is 7.49. The number of pyridine rings is 1. The minimum absolute atomic E-state index is 0.0502. The molecule has 2 N–H and O–H groups in total. The first-order valence-electron chi connectivity index (χ1n) is 9.80. The summed E-state index contributed by atoms with van der Waals surface area (Å²) in [6.07, 6.45) is -3.59. The van der Waals surface area contributed by atoms with E-state index in [0.717, 1.165) is 23.4 Å². The van der Waals surface area contributed by atoms with Gasteiger partial charge in [0.1, 0.15) is 5.82 Å². The zero-order valence-corrected chi connectivity index (χ0v) is 17.3. The van der Waals surface area contributed by atoms with Crippen molar-refractivity contribution >= 4 is 23.4 Å². The molecule has 1 aliphatic heterocycles. The van der Waals surface area contributed by atoms with Crippen molar-refractivity contribution in [2.75, 3.05) is 42.9 Å². The Morgan fingerprint density at radius 1 is 1.06 bits per heavy atom. The number of aromatic nitrogens is 1. The predicted octanol–water partition coefficient (Wildman–Crippen LogP) is 3.19. The Hall–Kier alpha value is -3.14. The van der Waals surface area contributed by atoms with Gasteiger partial charge < -0.3 is 10.2 Å². The summed E-state index contributed by atoms with van der Waals surface area (Å²) in [5, 5.41) is 4.98. The molecule has 0 saturated carbocycles. The first kappa shape index (κ1) is 22.5. The van der Waals surface area contributed by atoms with E-state index >= 15 is 0 Å². The summed E-state index contributed by atoms with van der Waals surface area (Å²) >= 11 is 0. The second kappa shape index (κ2) is 9.34. The number of alkyl halides is 3. The molecule has 0 spiro atoms. The fraction of sp³-hybridized carbons (Fsp3) is 0.381. The van der Waals surface area contributed by atoms with Crippen LogP contribution in [0.3, 0.4) is 0 Å². The Kier molecular flexibility index (Phi) is 6.79. The van der Waals surface area contributed by atoms with Gasteiger partial charge in [0.2, 0.25) is 5.91 Å². The van der Waals surface area contributed by atoms with Crippen molar-refractivity contribution in [1.82, 2.24) is 15.2 Å². The number of urea groups is 1. The molecule has 1 aliphatic rings. The van der Waals surface area contributed by atoms with Crippen LogP contribution in [0.4, 0.5) is 29.5 Å². The number of nitrogens with one attached hydrogen (secondary N) is 2. The molecule has 0 bridgehead atoms. The van der Waals surface area contributed by atoms with Crippen LogP contribution in [0.15, 0.2) is 36.5 Å². The summed E-state index contributed by atoms with van der Waals surface area (Å²) in [6, 6.07) is 7.35. The lowest BCUT2D eigenvalue weighted by atomic mass is 10.1. The number of carbonyl (C=O) groups is 2. The van der Waals surface area contributed by atoms with Gasteiger partial charge in [-0.2, -0.15) is 13.2 Å². The van der Waals surface area contributed by atoms with Crippen LogP contribution in [0.1, 0.15) is 16.7 Å². The number of rotatable bonds is 4. The Bertz CT molecular complexity index is 939. The van der Waals surface area contributed by atoms with Gasteiger partial charge in [-0.1, -0.05) is 17.7 Å². The molecule has 0 radical (unpaired) electrons. The third-order valence-corrected chi connectivity index (χ3v) is 5.02. The zero-order valence-electron chi connectivity index (χ0n) is 17.3. The van der Waals surface area contributed by atoms with Crippen molar-refractivity contribution < 1.29 is 22.8 Å². The number of aryl methyl sites for hydroxylation is 2. The average molecular weight is 435 g/mol. The third-order valence-electron chi connectivity index (χ3n) is 5.02. The molecule has 1 fully saturated rings. The highest BCUT2D eigenvalue weighted by Crippen LogP contribution is 2.29. The number of nitrogens with zero attached hydrogens (tertiary/aromatic N) is 3. The van der Waals surface area contributed by atoms with Gasteiger partial charge in [-0.05, 0) is 37.6 Å². The van der Waals surface area contributed by atoms with E-state index in [9.17, 15) is 22.8 Å². The van der Waals surface area contributed by atoms with Crippen LogP contribution < -0.4 is 15.5 Å². The van der Waals surface area contributed by atoms with E-state index in [1.54, 1.807) is 6.07 Å². The molecule has 1 aromatic carbocycles. The second-order valence-corrected chi connectivity index (χ2v) is 7.49. The topological polar surface area (TPSA) is 77.6 Å². The number of benzene rings is 1. The van der Waals surface area contributed by atoms with Gasteiger partial charge >= 0.3 is 12.2 Å². The number of amides is 3. The van der Waals surface area contributed by atoms with Crippen molar-refractivity contribution in [2.24, 2.45) is 0 Å². The molecule has 2 aromatic rings. The fourth-order valence-corrected chi connectivity index (χ4v) is 3.35.